The van der Waals surface area contributed by atoms with Crippen LogP contribution in [0.15, 0.2) is 24.4 Å². The molecule has 1 fully saturated rings. The summed E-state index contributed by atoms with van der Waals surface area (Å²) in [5.41, 5.74) is 9.08. The summed E-state index contributed by atoms with van der Waals surface area (Å²) in [6.45, 7) is 2.18. The van der Waals surface area contributed by atoms with E-state index in [2.05, 4.69) is 22.1 Å². The van der Waals surface area contributed by atoms with Gasteiger partial charge in [0.05, 0.1) is 16.9 Å². The molecule has 1 saturated heterocycles. The average Bonchev–Trinajstić information content (AvgIpc) is 2.80. The van der Waals surface area contributed by atoms with Crippen molar-refractivity contribution in [1.82, 2.24) is 9.78 Å². The zero-order chi connectivity index (χ0) is 14.1. The maximum atomic E-state index is 6.46. The van der Waals surface area contributed by atoms with Crippen LogP contribution in [0.2, 0.25) is 5.02 Å². The number of aryl methyl sites for hydroxylation is 1. The number of piperidine rings is 1. The van der Waals surface area contributed by atoms with Crippen LogP contribution in [-0.2, 0) is 7.05 Å². The predicted molar refractivity (Wildman–Crippen MR) is 84.1 cm³/mol. The lowest BCUT2D eigenvalue weighted by Gasteiger charge is -2.29. The van der Waals surface area contributed by atoms with Gasteiger partial charge in [-0.1, -0.05) is 17.7 Å². The number of rotatable bonds is 2. The number of halogens is 1. The third-order valence-electron chi connectivity index (χ3n) is 3.94. The van der Waals surface area contributed by atoms with Gasteiger partial charge in [0.25, 0.3) is 0 Å². The summed E-state index contributed by atoms with van der Waals surface area (Å²) in [7, 11) is 1.84. The molecule has 3 rings (SSSR count). The third-order valence-corrected chi connectivity index (χ3v) is 4.24. The third kappa shape index (κ3) is 2.36. The van der Waals surface area contributed by atoms with Gasteiger partial charge in [0.2, 0.25) is 0 Å². The molecule has 0 spiro atoms. The minimum absolute atomic E-state index is 0.659. The molecular weight excluding hydrogens is 272 g/mol. The Morgan fingerprint density at radius 3 is 2.55 bits per heavy atom. The Bertz CT molecular complexity index is 614. The number of nitrogen functional groups attached to an aromatic ring is 1. The van der Waals surface area contributed by atoms with Crippen molar-refractivity contribution in [3.8, 4) is 11.1 Å². The smallest absolute Gasteiger partial charge is 0.129 e. The molecule has 0 atom stereocenters. The highest BCUT2D eigenvalue weighted by Gasteiger charge is 2.15. The van der Waals surface area contributed by atoms with Gasteiger partial charge in [0.1, 0.15) is 5.82 Å². The Morgan fingerprint density at radius 1 is 1.20 bits per heavy atom. The fourth-order valence-electron chi connectivity index (χ4n) is 2.74. The van der Waals surface area contributed by atoms with Crippen molar-refractivity contribution in [2.75, 3.05) is 23.7 Å². The number of nitrogens with zero attached hydrogens (tertiary/aromatic N) is 3. The van der Waals surface area contributed by atoms with E-state index in [1.165, 1.54) is 19.3 Å². The Morgan fingerprint density at radius 2 is 1.95 bits per heavy atom. The van der Waals surface area contributed by atoms with Gasteiger partial charge in [0.15, 0.2) is 0 Å². The van der Waals surface area contributed by atoms with Crippen molar-refractivity contribution in [3.05, 3.63) is 29.4 Å². The van der Waals surface area contributed by atoms with Gasteiger partial charge in [-0.2, -0.15) is 5.10 Å². The zero-order valence-electron chi connectivity index (χ0n) is 11.6. The fraction of sp³-hybridized carbons (Fsp3) is 0.400. The fourth-order valence-corrected chi connectivity index (χ4v) is 3.04. The standard InChI is InChI=1S/C15H19ClN4/c1-19-15(17)12(10-18-19)11-5-6-14(13(16)9-11)20-7-3-2-4-8-20/h5-6,9-10H,2-4,7-8,17H2,1H3. The van der Waals surface area contributed by atoms with E-state index in [0.29, 0.717) is 5.82 Å². The van der Waals surface area contributed by atoms with Gasteiger partial charge in [-0.3, -0.25) is 4.68 Å². The van der Waals surface area contributed by atoms with Gasteiger partial charge in [0, 0.05) is 25.7 Å². The van der Waals surface area contributed by atoms with Crippen LogP contribution in [0, 0.1) is 0 Å². The van der Waals surface area contributed by atoms with Gasteiger partial charge < -0.3 is 10.6 Å². The molecule has 2 heterocycles. The van der Waals surface area contributed by atoms with Gasteiger partial charge in [-0.25, -0.2) is 0 Å². The zero-order valence-corrected chi connectivity index (χ0v) is 12.4. The van der Waals surface area contributed by atoms with Crippen molar-refractivity contribution in [3.63, 3.8) is 0 Å². The first-order chi connectivity index (χ1) is 9.66. The summed E-state index contributed by atoms with van der Waals surface area (Å²) in [6.07, 6.45) is 5.58. The SMILES string of the molecule is Cn1ncc(-c2ccc(N3CCCCC3)c(Cl)c2)c1N. The molecule has 1 aromatic carbocycles. The van der Waals surface area contributed by atoms with Crippen molar-refractivity contribution >= 4 is 23.1 Å². The first-order valence-corrected chi connectivity index (χ1v) is 7.37. The van der Waals surface area contributed by atoms with Crippen molar-refractivity contribution in [2.24, 2.45) is 7.05 Å². The Labute approximate surface area is 124 Å². The van der Waals surface area contributed by atoms with E-state index < -0.39 is 0 Å². The molecule has 5 heteroatoms. The topological polar surface area (TPSA) is 47.1 Å². The molecule has 1 aliphatic rings. The average molecular weight is 291 g/mol. The van der Waals surface area contributed by atoms with Crippen LogP contribution in [0.3, 0.4) is 0 Å². The van der Waals surface area contributed by atoms with E-state index in [4.69, 9.17) is 17.3 Å². The minimum atomic E-state index is 0.659. The van der Waals surface area contributed by atoms with E-state index in [1.54, 1.807) is 10.9 Å². The number of aromatic nitrogens is 2. The summed E-state index contributed by atoms with van der Waals surface area (Å²) >= 11 is 6.46. The predicted octanol–water partition coefficient (Wildman–Crippen LogP) is 3.31. The van der Waals surface area contributed by atoms with Crippen LogP contribution in [0.4, 0.5) is 11.5 Å². The van der Waals surface area contributed by atoms with Gasteiger partial charge in [-0.15, -0.1) is 0 Å². The Kier molecular flexibility index (Phi) is 3.57. The first kappa shape index (κ1) is 13.3. The van der Waals surface area contributed by atoms with E-state index in [0.717, 1.165) is 34.9 Å². The molecule has 2 N–H and O–H groups in total. The maximum Gasteiger partial charge on any atom is 0.129 e. The second-order valence-electron chi connectivity index (χ2n) is 5.28. The maximum absolute atomic E-state index is 6.46. The summed E-state index contributed by atoms with van der Waals surface area (Å²) in [5.74, 6) is 0.659. The highest BCUT2D eigenvalue weighted by Crippen LogP contribution is 2.34. The number of hydrogen-bond acceptors (Lipinski definition) is 3. The largest absolute Gasteiger partial charge is 0.383 e. The number of benzene rings is 1. The normalized spacial score (nSPS) is 15.6. The molecule has 1 aromatic heterocycles. The van der Waals surface area contributed by atoms with E-state index in [-0.39, 0.29) is 0 Å². The van der Waals surface area contributed by atoms with Gasteiger partial charge >= 0.3 is 0 Å². The second kappa shape index (κ2) is 5.37. The quantitative estimate of drug-likeness (QED) is 0.923. The molecule has 0 unspecified atom stereocenters. The van der Waals surface area contributed by atoms with Crippen LogP contribution in [0.1, 0.15) is 19.3 Å². The summed E-state index contributed by atoms with van der Waals surface area (Å²) in [5, 5.41) is 4.96. The molecule has 0 bridgehead atoms. The molecule has 4 nitrogen and oxygen atoms in total. The lowest BCUT2D eigenvalue weighted by atomic mass is 10.1. The number of hydrogen-bond donors (Lipinski definition) is 1. The van der Waals surface area contributed by atoms with E-state index in [9.17, 15) is 0 Å². The van der Waals surface area contributed by atoms with Crippen molar-refractivity contribution < 1.29 is 0 Å². The van der Waals surface area contributed by atoms with Crippen molar-refractivity contribution in [2.45, 2.75) is 19.3 Å². The van der Waals surface area contributed by atoms with Crippen LogP contribution in [0.5, 0.6) is 0 Å². The molecule has 0 saturated carbocycles. The molecule has 106 valence electrons. The molecule has 0 amide bonds. The monoisotopic (exact) mass is 290 g/mol. The number of nitrogens with two attached hydrogens (primary N) is 1. The molecular formula is C15H19ClN4. The van der Waals surface area contributed by atoms with Crippen LogP contribution < -0.4 is 10.6 Å². The second-order valence-corrected chi connectivity index (χ2v) is 5.69. The van der Waals surface area contributed by atoms with Crippen LogP contribution in [-0.4, -0.2) is 22.9 Å². The molecule has 0 aliphatic carbocycles. The highest BCUT2D eigenvalue weighted by molar-refractivity contribution is 6.33. The Balaban J connectivity index is 1.92. The Hall–Kier alpha value is -1.68. The first-order valence-electron chi connectivity index (χ1n) is 6.99. The van der Waals surface area contributed by atoms with Gasteiger partial charge in [-0.05, 0) is 37.0 Å². The number of anilines is 2. The van der Waals surface area contributed by atoms with Crippen LogP contribution >= 0.6 is 11.6 Å². The minimum Gasteiger partial charge on any atom is -0.383 e. The summed E-state index contributed by atoms with van der Waals surface area (Å²) < 4.78 is 1.67. The molecule has 2 aromatic rings. The molecule has 1 aliphatic heterocycles. The van der Waals surface area contributed by atoms with E-state index in [1.807, 2.05) is 13.1 Å². The lowest BCUT2D eigenvalue weighted by molar-refractivity contribution is 0.578. The lowest BCUT2D eigenvalue weighted by Crippen LogP contribution is -2.29. The highest BCUT2D eigenvalue weighted by atomic mass is 35.5. The molecule has 20 heavy (non-hydrogen) atoms. The van der Waals surface area contributed by atoms with E-state index >= 15 is 0 Å². The summed E-state index contributed by atoms with van der Waals surface area (Å²) in [6, 6.07) is 6.15. The summed E-state index contributed by atoms with van der Waals surface area (Å²) in [4.78, 5) is 2.36. The van der Waals surface area contributed by atoms with Crippen LogP contribution in [0.25, 0.3) is 11.1 Å². The molecule has 0 radical (unpaired) electrons. The van der Waals surface area contributed by atoms with Crippen molar-refractivity contribution in [1.29, 1.82) is 0 Å².